The summed E-state index contributed by atoms with van der Waals surface area (Å²) in [5, 5.41) is 7.31. The van der Waals surface area contributed by atoms with Crippen LogP contribution in [0.2, 0.25) is 0 Å². The molecule has 0 bridgehead atoms. The molecule has 5 nitrogen and oxygen atoms in total. The van der Waals surface area contributed by atoms with Crippen LogP contribution in [0.1, 0.15) is 44.1 Å². The number of para-hydroxylation sites is 1. The summed E-state index contributed by atoms with van der Waals surface area (Å²) in [6.07, 6.45) is 5.04. The van der Waals surface area contributed by atoms with Gasteiger partial charge in [-0.2, -0.15) is 11.3 Å². The minimum atomic E-state index is -0.360. The van der Waals surface area contributed by atoms with E-state index in [1.165, 1.54) is 11.6 Å². The molecule has 2 aliphatic heterocycles. The van der Waals surface area contributed by atoms with E-state index in [9.17, 15) is 14.0 Å². The summed E-state index contributed by atoms with van der Waals surface area (Å²) in [6, 6.07) is 8.50. The highest BCUT2D eigenvalue weighted by atomic mass is 32.1. The van der Waals surface area contributed by atoms with Gasteiger partial charge < -0.3 is 15.0 Å². The number of rotatable bonds is 8. The number of ether oxygens (including phenoxy) is 1. The maximum Gasteiger partial charge on any atom is 0.222 e. The number of nitrogens with zero attached hydrogens (tertiary/aromatic N) is 1. The van der Waals surface area contributed by atoms with E-state index in [2.05, 4.69) is 16.8 Å². The first-order chi connectivity index (χ1) is 15.0. The van der Waals surface area contributed by atoms with E-state index in [1.807, 2.05) is 10.3 Å². The van der Waals surface area contributed by atoms with E-state index in [4.69, 9.17) is 4.74 Å². The number of thiophene rings is 1. The second-order valence-corrected chi connectivity index (χ2v) is 9.51. The van der Waals surface area contributed by atoms with Crippen LogP contribution in [0.4, 0.5) is 4.39 Å². The van der Waals surface area contributed by atoms with E-state index in [-0.39, 0.29) is 34.8 Å². The topological polar surface area (TPSA) is 58.6 Å². The van der Waals surface area contributed by atoms with E-state index in [0.717, 1.165) is 32.2 Å². The number of benzene rings is 1. The first-order valence-electron chi connectivity index (χ1n) is 11.0. The molecule has 31 heavy (non-hydrogen) atoms. The molecule has 0 saturated carbocycles. The number of hydrogen-bond acceptors (Lipinski definition) is 4. The Bertz CT molecular complexity index is 904. The van der Waals surface area contributed by atoms with Crippen LogP contribution >= 0.6 is 11.3 Å². The number of halogens is 1. The van der Waals surface area contributed by atoms with Gasteiger partial charge in [0, 0.05) is 37.4 Å². The fourth-order valence-corrected chi connectivity index (χ4v) is 5.34. The Hall–Kier alpha value is -2.41. The van der Waals surface area contributed by atoms with Gasteiger partial charge in [0.1, 0.15) is 0 Å². The zero-order chi connectivity index (χ0) is 21.7. The molecule has 7 heteroatoms. The molecule has 1 N–H and O–H groups in total. The van der Waals surface area contributed by atoms with Crippen molar-refractivity contribution in [3.05, 3.63) is 52.5 Å². The van der Waals surface area contributed by atoms with Crippen molar-refractivity contribution < 1.29 is 18.7 Å². The zero-order valence-corrected chi connectivity index (χ0v) is 18.5. The van der Waals surface area contributed by atoms with Gasteiger partial charge in [0.05, 0.1) is 6.61 Å². The average molecular weight is 445 g/mol. The van der Waals surface area contributed by atoms with Crippen LogP contribution in [-0.2, 0) is 16.0 Å². The molecule has 2 aliphatic rings. The largest absolute Gasteiger partial charge is 0.490 e. The molecule has 2 amide bonds. The zero-order valence-electron chi connectivity index (χ0n) is 17.6. The van der Waals surface area contributed by atoms with Gasteiger partial charge in [-0.1, -0.05) is 12.1 Å². The molecule has 4 rings (SSSR count). The lowest BCUT2D eigenvalue weighted by Gasteiger charge is -2.34. The number of nitrogens with one attached hydrogen (secondary N) is 1. The fraction of sp³-hybridized carbons (Fsp3) is 0.500. The molecule has 0 radical (unpaired) electrons. The quantitative estimate of drug-likeness (QED) is 0.665. The molecule has 1 aromatic heterocycles. The average Bonchev–Trinajstić information content (AvgIpc) is 3.42. The summed E-state index contributed by atoms with van der Waals surface area (Å²) >= 11 is 1.65. The summed E-state index contributed by atoms with van der Waals surface area (Å²) in [5.74, 6) is 0.301. The van der Waals surface area contributed by atoms with Crippen molar-refractivity contribution in [3.63, 3.8) is 0 Å². The van der Waals surface area contributed by atoms with Gasteiger partial charge in [0.25, 0.3) is 0 Å². The number of carbonyl (C=O) groups excluding carboxylic acids is 2. The van der Waals surface area contributed by atoms with Gasteiger partial charge >= 0.3 is 0 Å². The van der Waals surface area contributed by atoms with E-state index in [0.29, 0.717) is 32.4 Å². The Morgan fingerprint density at radius 2 is 2.19 bits per heavy atom. The first kappa shape index (κ1) is 21.8. The van der Waals surface area contributed by atoms with Crippen molar-refractivity contribution >= 4 is 23.2 Å². The van der Waals surface area contributed by atoms with Gasteiger partial charge in [-0.15, -0.1) is 0 Å². The smallest absolute Gasteiger partial charge is 0.222 e. The predicted octanol–water partition coefficient (Wildman–Crippen LogP) is 4.18. The van der Waals surface area contributed by atoms with Crippen molar-refractivity contribution in [1.82, 2.24) is 10.2 Å². The lowest BCUT2D eigenvalue weighted by Crippen LogP contribution is -2.46. The van der Waals surface area contributed by atoms with E-state index >= 15 is 0 Å². The second-order valence-electron chi connectivity index (χ2n) is 8.73. The van der Waals surface area contributed by atoms with Crippen LogP contribution in [-0.4, -0.2) is 41.9 Å². The molecule has 0 spiro atoms. The van der Waals surface area contributed by atoms with Crippen molar-refractivity contribution in [2.45, 2.75) is 50.5 Å². The number of amides is 2. The van der Waals surface area contributed by atoms with Gasteiger partial charge in [0.15, 0.2) is 11.6 Å². The fourth-order valence-electron chi connectivity index (χ4n) is 4.67. The number of carbonyl (C=O) groups is 2. The standard InChI is InChI=1S/C24H29FN2O3S/c25-20-5-1-2-6-21(20)30-16-19-4-3-12-27(15-19)23(29)8-11-24(10-7-22(28)26-24)14-18-9-13-31-17-18/h1-2,5-6,9,13,17,19H,3-4,7-8,10-12,14-16H2,(H,26,28). The summed E-state index contributed by atoms with van der Waals surface area (Å²) in [4.78, 5) is 26.8. The maximum absolute atomic E-state index is 13.8. The van der Waals surface area contributed by atoms with Crippen LogP contribution in [0.3, 0.4) is 0 Å². The summed E-state index contributed by atoms with van der Waals surface area (Å²) in [7, 11) is 0. The third-order valence-electron chi connectivity index (χ3n) is 6.36. The third kappa shape index (κ3) is 5.64. The second kappa shape index (κ2) is 9.81. The molecule has 2 saturated heterocycles. The molecule has 1 aromatic carbocycles. The van der Waals surface area contributed by atoms with Crippen LogP contribution in [0.15, 0.2) is 41.1 Å². The number of piperidine rings is 1. The third-order valence-corrected chi connectivity index (χ3v) is 7.09. The predicted molar refractivity (Wildman–Crippen MR) is 119 cm³/mol. The monoisotopic (exact) mass is 444 g/mol. The highest BCUT2D eigenvalue weighted by Gasteiger charge is 2.38. The Kier molecular flexibility index (Phi) is 6.90. The van der Waals surface area contributed by atoms with Gasteiger partial charge in [-0.3, -0.25) is 9.59 Å². The minimum Gasteiger partial charge on any atom is -0.490 e. The Morgan fingerprint density at radius 1 is 1.32 bits per heavy atom. The van der Waals surface area contributed by atoms with Crippen LogP contribution in [0.25, 0.3) is 0 Å². The van der Waals surface area contributed by atoms with Gasteiger partial charge in [-0.05, 0) is 66.6 Å². The molecule has 2 aromatic rings. The molecule has 2 unspecified atom stereocenters. The normalized spacial score (nSPS) is 23.6. The summed E-state index contributed by atoms with van der Waals surface area (Å²) in [5.41, 5.74) is 0.889. The summed E-state index contributed by atoms with van der Waals surface area (Å²) < 4.78 is 19.5. The highest BCUT2D eigenvalue weighted by molar-refractivity contribution is 7.07. The van der Waals surface area contributed by atoms with Crippen molar-refractivity contribution in [1.29, 1.82) is 0 Å². The van der Waals surface area contributed by atoms with Crippen molar-refractivity contribution in [2.75, 3.05) is 19.7 Å². The van der Waals surface area contributed by atoms with Crippen molar-refractivity contribution in [3.8, 4) is 5.75 Å². The lowest BCUT2D eigenvalue weighted by molar-refractivity contribution is -0.134. The van der Waals surface area contributed by atoms with Gasteiger partial charge in [-0.25, -0.2) is 4.39 Å². The molecular weight excluding hydrogens is 415 g/mol. The molecular formula is C24H29FN2O3S. The molecule has 2 atom stereocenters. The van der Waals surface area contributed by atoms with Crippen LogP contribution < -0.4 is 10.1 Å². The van der Waals surface area contributed by atoms with Crippen molar-refractivity contribution in [2.24, 2.45) is 5.92 Å². The SMILES string of the molecule is O=C1CCC(CCC(=O)N2CCCC(COc3ccccc3F)C2)(Cc2ccsc2)N1. The Morgan fingerprint density at radius 3 is 2.94 bits per heavy atom. The number of likely N-dealkylation sites (tertiary alicyclic amines) is 1. The summed E-state index contributed by atoms with van der Waals surface area (Å²) in [6.45, 7) is 1.79. The maximum atomic E-state index is 13.8. The van der Waals surface area contributed by atoms with Crippen LogP contribution in [0, 0.1) is 11.7 Å². The molecule has 0 aliphatic carbocycles. The van der Waals surface area contributed by atoms with Gasteiger partial charge in [0.2, 0.25) is 11.8 Å². The lowest BCUT2D eigenvalue weighted by atomic mass is 9.85. The number of hydrogen-bond donors (Lipinski definition) is 1. The molecule has 3 heterocycles. The molecule has 2 fully saturated rings. The van der Waals surface area contributed by atoms with E-state index < -0.39 is 0 Å². The highest BCUT2D eigenvalue weighted by Crippen LogP contribution is 2.31. The molecule has 166 valence electrons. The Balaban J connectivity index is 1.30. The Labute approximate surface area is 186 Å². The van der Waals surface area contributed by atoms with Crippen LogP contribution in [0.5, 0.6) is 5.75 Å². The van der Waals surface area contributed by atoms with E-state index in [1.54, 1.807) is 29.5 Å². The minimum absolute atomic E-state index is 0.0750. The first-order valence-corrected chi connectivity index (χ1v) is 11.9.